The van der Waals surface area contributed by atoms with Gasteiger partial charge in [0.25, 0.3) is 0 Å². The molecule has 2 heterocycles. The van der Waals surface area contributed by atoms with E-state index in [1.165, 1.54) is 34.6 Å². The van der Waals surface area contributed by atoms with Crippen molar-refractivity contribution in [3.8, 4) is 0 Å². The number of rotatable bonds is 5. The van der Waals surface area contributed by atoms with Gasteiger partial charge in [0.1, 0.15) is 12.2 Å². The van der Waals surface area contributed by atoms with Crippen molar-refractivity contribution in [2.75, 3.05) is 13.1 Å². The molecule has 1 saturated heterocycles. The summed E-state index contributed by atoms with van der Waals surface area (Å²) in [7, 11) is -3.53. The normalized spacial score (nSPS) is 14.8. The zero-order valence-electron chi connectivity index (χ0n) is 16.5. The predicted octanol–water partition coefficient (Wildman–Crippen LogP) is 3.24. The van der Waals surface area contributed by atoms with Crippen molar-refractivity contribution in [2.45, 2.75) is 31.3 Å². The Balaban J connectivity index is 1.50. The topological polar surface area (TPSA) is 93.9 Å². The van der Waals surface area contributed by atoms with Gasteiger partial charge in [-0.2, -0.15) is 4.31 Å². The van der Waals surface area contributed by atoms with Crippen molar-refractivity contribution in [1.29, 1.82) is 0 Å². The number of esters is 1. The second-order valence-corrected chi connectivity index (χ2v) is 9.24. The van der Waals surface area contributed by atoms with Gasteiger partial charge < -0.3 is 9.15 Å². The van der Waals surface area contributed by atoms with Crippen LogP contribution < -0.4 is 5.63 Å². The maximum absolute atomic E-state index is 12.6. The number of hydrogen-bond acceptors (Lipinski definition) is 6. The van der Waals surface area contributed by atoms with Crippen LogP contribution in [-0.2, 0) is 21.4 Å². The fourth-order valence-corrected chi connectivity index (χ4v) is 5.04. The van der Waals surface area contributed by atoms with Gasteiger partial charge in [-0.05, 0) is 55.7 Å². The molecule has 0 bridgehead atoms. The second kappa shape index (κ2) is 8.04. The maximum Gasteiger partial charge on any atom is 0.338 e. The lowest BCUT2D eigenvalue weighted by Gasteiger charge is -2.15. The van der Waals surface area contributed by atoms with Crippen molar-refractivity contribution >= 4 is 27.0 Å². The minimum Gasteiger partial charge on any atom is -0.457 e. The van der Waals surface area contributed by atoms with E-state index in [0.29, 0.717) is 29.6 Å². The highest BCUT2D eigenvalue weighted by Crippen LogP contribution is 2.22. The minimum absolute atomic E-state index is 0.0994. The summed E-state index contributed by atoms with van der Waals surface area (Å²) in [5.74, 6) is -0.603. The van der Waals surface area contributed by atoms with E-state index >= 15 is 0 Å². The third kappa shape index (κ3) is 4.01. The first-order valence-corrected chi connectivity index (χ1v) is 11.1. The number of carbonyl (C=O) groups excluding carboxylic acids is 1. The Hall–Kier alpha value is -2.97. The Kier molecular flexibility index (Phi) is 5.44. The van der Waals surface area contributed by atoms with Crippen LogP contribution in [-0.4, -0.2) is 31.8 Å². The fourth-order valence-electron chi connectivity index (χ4n) is 3.52. The summed E-state index contributed by atoms with van der Waals surface area (Å²) in [5, 5.41) is 0.694. The van der Waals surface area contributed by atoms with E-state index in [1.807, 2.05) is 19.1 Å². The summed E-state index contributed by atoms with van der Waals surface area (Å²) >= 11 is 0. The molecule has 4 rings (SSSR count). The molecule has 0 amide bonds. The molecular weight excluding hydrogens is 406 g/mol. The average Bonchev–Trinajstić information content (AvgIpc) is 3.27. The molecule has 3 aromatic rings. The Morgan fingerprint density at radius 3 is 2.47 bits per heavy atom. The highest BCUT2D eigenvalue weighted by atomic mass is 32.2. The number of aryl methyl sites for hydroxylation is 1. The van der Waals surface area contributed by atoms with Crippen LogP contribution in [0.25, 0.3) is 11.0 Å². The van der Waals surface area contributed by atoms with E-state index in [1.54, 1.807) is 6.07 Å². The monoisotopic (exact) mass is 427 g/mol. The third-order valence-electron chi connectivity index (χ3n) is 5.14. The van der Waals surface area contributed by atoms with Gasteiger partial charge in [0, 0.05) is 30.1 Å². The minimum atomic E-state index is -3.53. The lowest BCUT2D eigenvalue weighted by Crippen LogP contribution is -2.27. The molecular formula is C22H21NO6S. The molecule has 0 N–H and O–H groups in total. The standard InChI is InChI=1S/C22H21NO6S/c1-15-4-9-19-17(13-21(24)29-20(19)12-15)14-28-22(25)16-5-7-18(8-6-16)30(26,27)23-10-2-3-11-23/h4-9,12-13H,2-3,10-11,14H2,1H3. The van der Waals surface area contributed by atoms with Crippen LogP contribution >= 0.6 is 0 Å². The molecule has 30 heavy (non-hydrogen) atoms. The van der Waals surface area contributed by atoms with Gasteiger partial charge in [-0.25, -0.2) is 18.0 Å². The molecule has 7 nitrogen and oxygen atoms in total. The first-order chi connectivity index (χ1) is 14.3. The summed E-state index contributed by atoms with van der Waals surface area (Å²) in [4.78, 5) is 24.4. The average molecular weight is 427 g/mol. The summed E-state index contributed by atoms with van der Waals surface area (Å²) in [6.45, 7) is 2.83. The smallest absolute Gasteiger partial charge is 0.338 e. The van der Waals surface area contributed by atoms with Crippen molar-refractivity contribution < 1.29 is 22.4 Å². The molecule has 1 aliphatic heterocycles. The summed E-state index contributed by atoms with van der Waals surface area (Å²) < 4.78 is 37.2. The molecule has 0 saturated carbocycles. The molecule has 8 heteroatoms. The number of nitrogens with zero attached hydrogens (tertiary/aromatic N) is 1. The lowest BCUT2D eigenvalue weighted by atomic mass is 10.1. The van der Waals surface area contributed by atoms with Crippen LogP contribution in [0.1, 0.15) is 34.3 Å². The number of carbonyl (C=O) groups is 1. The number of ether oxygens (including phenoxy) is 1. The van der Waals surface area contributed by atoms with E-state index in [-0.39, 0.29) is 17.1 Å². The van der Waals surface area contributed by atoms with Crippen LogP contribution in [0.5, 0.6) is 0 Å². The molecule has 2 aromatic carbocycles. The molecule has 0 atom stereocenters. The van der Waals surface area contributed by atoms with E-state index in [2.05, 4.69) is 0 Å². The zero-order valence-corrected chi connectivity index (χ0v) is 17.3. The molecule has 1 fully saturated rings. The number of hydrogen-bond donors (Lipinski definition) is 0. The van der Waals surface area contributed by atoms with Gasteiger partial charge in [0.05, 0.1) is 10.5 Å². The first kappa shape index (κ1) is 20.3. The van der Waals surface area contributed by atoms with Gasteiger partial charge in [-0.1, -0.05) is 12.1 Å². The third-order valence-corrected chi connectivity index (χ3v) is 7.05. The van der Waals surface area contributed by atoms with Crippen molar-refractivity contribution in [3.05, 3.63) is 75.6 Å². The molecule has 0 aliphatic carbocycles. The van der Waals surface area contributed by atoms with Gasteiger partial charge in [-0.3, -0.25) is 0 Å². The van der Waals surface area contributed by atoms with Crippen LogP contribution in [0.3, 0.4) is 0 Å². The van der Waals surface area contributed by atoms with Gasteiger partial charge in [0.2, 0.25) is 10.0 Å². The van der Waals surface area contributed by atoms with Crippen LogP contribution in [0.15, 0.2) is 62.6 Å². The Morgan fingerprint density at radius 2 is 1.77 bits per heavy atom. The summed E-state index contributed by atoms with van der Waals surface area (Å²) in [6.07, 6.45) is 1.71. The van der Waals surface area contributed by atoms with E-state index < -0.39 is 21.6 Å². The highest BCUT2D eigenvalue weighted by Gasteiger charge is 2.27. The van der Waals surface area contributed by atoms with Gasteiger partial charge in [0.15, 0.2) is 0 Å². The molecule has 0 unspecified atom stereocenters. The molecule has 1 aromatic heterocycles. The Bertz CT molecular complexity index is 1260. The number of benzene rings is 2. The maximum atomic E-state index is 12.6. The van der Waals surface area contributed by atoms with E-state index in [4.69, 9.17) is 9.15 Å². The molecule has 0 radical (unpaired) electrons. The molecule has 156 valence electrons. The Labute approximate surface area is 173 Å². The molecule has 1 aliphatic rings. The SMILES string of the molecule is Cc1ccc2c(COC(=O)c3ccc(S(=O)(=O)N4CCCC4)cc3)cc(=O)oc2c1. The zero-order chi connectivity index (χ0) is 21.3. The summed E-state index contributed by atoms with van der Waals surface area (Å²) in [5.41, 5.74) is 1.64. The van der Waals surface area contributed by atoms with Gasteiger partial charge in [-0.15, -0.1) is 0 Å². The summed E-state index contributed by atoms with van der Waals surface area (Å²) in [6, 6.07) is 12.5. The van der Waals surface area contributed by atoms with Crippen LogP contribution in [0.4, 0.5) is 0 Å². The first-order valence-electron chi connectivity index (χ1n) is 9.65. The quantitative estimate of drug-likeness (QED) is 0.458. The number of fused-ring (bicyclic) bond motifs is 1. The van der Waals surface area contributed by atoms with Crippen LogP contribution in [0.2, 0.25) is 0 Å². The van der Waals surface area contributed by atoms with E-state index in [0.717, 1.165) is 18.4 Å². The fraction of sp³-hybridized carbons (Fsp3) is 0.273. The van der Waals surface area contributed by atoms with Gasteiger partial charge >= 0.3 is 11.6 Å². The van der Waals surface area contributed by atoms with Crippen molar-refractivity contribution in [2.24, 2.45) is 0 Å². The largest absolute Gasteiger partial charge is 0.457 e. The van der Waals surface area contributed by atoms with Crippen molar-refractivity contribution in [1.82, 2.24) is 4.31 Å². The van der Waals surface area contributed by atoms with Crippen molar-refractivity contribution in [3.63, 3.8) is 0 Å². The number of sulfonamides is 1. The molecule has 0 spiro atoms. The van der Waals surface area contributed by atoms with Crippen LogP contribution in [0, 0.1) is 6.92 Å². The van der Waals surface area contributed by atoms with E-state index in [9.17, 15) is 18.0 Å². The lowest BCUT2D eigenvalue weighted by molar-refractivity contribution is 0.0473. The predicted molar refractivity (Wildman–Crippen MR) is 111 cm³/mol. The Morgan fingerprint density at radius 1 is 1.07 bits per heavy atom. The second-order valence-electron chi connectivity index (χ2n) is 7.30. The highest BCUT2D eigenvalue weighted by molar-refractivity contribution is 7.89.